The smallest absolute Gasteiger partial charge is 0.410 e. The number of hydrogen-bond acceptors (Lipinski definition) is 7. The molecular weight excluding hydrogens is 494 g/mol. The molecular formula is C29H33N7O3. The van der Waals surface area contributed by atoms with Gasteiger partial charge in [-0.2, -0.15) is 15.5 Å². The lowest BCUT2D eigenvalue weighted by atomic mass is 10.0. The van der Waals surface area contributed by atoms with E-state index in [1.165, 1.54) is 0 Å². The summed E-state index contributed by atoms with van der Waals surface area (Å²) in [6.45, 7) is 10.9. The molecule has 1 atom stereocenters. The molecule has 1 fully saturated rings. The van der Waals surface area contributed by atoms with E-state index in [4.69, 9.17) is 14.6 Å². The van der Waals surface area contributed by atoms with Crippen LogP contribution in [-0.2, 0) is 4.74 Å². The molecule has 0 spiro atoms. The Kier molecular flexibility index (Phi) is 7.00. The molecule has 1 aliphatic heterocycles. The maximum absolute atomic E-state index is 12.5. The Bertz CT molecular complexity index is 1520. The zero-order chi connectivity index (χ0) is 27.7. The molecule has 0 aliphatic carbocycles. The average Bonchev–Trinajstić information content (AvgIpc) is 3.51. The maximum atomic E-state index is 12.5. The van der Waals surface area contributed by atoms with Gasteiger partial charge in [-0.1, -0.05) is 6.07 Å². The third kappa shape index (κ3) is 5.43. The lowest BCUT2D eigenvalue weighted by molar-refractivity contribution is 0.0184. The SMILES string of the molecule is Cc1c(-c2cc(O[C@@H](C)c3ccccn3)c3c(C#N)cnn3c2)cnn1C1CCN(C(=O)OC(C)(C)C)CC1. The Labute approximate surface area is 227 Å². The highest BCUT2D eigenvalue weighted by molar-refractivity contribution is 5.76. The van der Waals surface area contributed by atoms with Gasteiger partial charge < -0.3 is 14.4 Å². The van der Waals surface area contributed by atoms with E-state index in [1.54, 1.807) is 21.8 Å². The number of carbonyl (C=O) groups is 1. The van der Waals surface area contributed by atoms with Gasteiger partial charge in [-0.05, 0) is 65.7 Å². The molecule has 0 unspecified atom stereocenters. The van der Waals surface area contributed by atoms with E-state index in [1.807, 2.05) is 76.0 Å². The number of likely N-dealkylation sites (tertiary alicyclic amines) is 1. The number of piperidine rings is 1. The largest absolute Gasteiger partial charge is 0.482 e. The number of nitrogens with zero attached hydrogens (tertiary/aromatic N) is 7. The molecule has 10 heteroatoms. The molecule has 5 rings (SSSR count). The second-order valence-electron chi connectivity index (χ2n) is 10.9. The Balaban J connectivity index is 1.41. The average molecular weight is 528 g/mol. The molecule has 0 N–H and O–H groups in total. The van der Waals surface area contributed by atoms with Crippen LogP contribution in [0.15, 0.2) is 49.1 Å². The van der Waals surface area contributed by atoms with Crippen LogP contribution in [0.25, 0.3) is 16.6 Å². The molecule has 4 aromatic rings. The van der Waals surface area contributed by atoms with E-state index in [-0.39, 0.29) is 18.2 Å². The van der Waals surface area contributed by atoms with Crippen LogP contribution in [0.4, 0.5) is 4.79 Å². The van der Waals surface area contributed by atoms with Crippen molar-refractivity contribution >= 4 is 11.6 Å². The van der Waals surface area contributed by atoms with Crippen molar-refractivity contribution in [3.8, 4) is 22.9 Å². The van der Waals surface area contributed by atoms with Gasteiger partial charge in [0.25, 0.3) is 0 Å². The Morgan fingerprint density at radius 2 is 1.95 bits per heavy atom. The molecule has 0 radical (unpaired) electrons. The number of aromatic nitrogens is 5. The highest BCUT2D eigenvalue weighted by Gasteiger charge is 2.29. The Hall–Kier alpha value is -4.39. The minimum Gasteiger partial charge on any atom is -0.482 e. The van der Waals surface area contributed by atoms with Gasteiger partial charge in [0.05, 0.1) is 24.1 Å². The molecule has 4 aromatic heterocycles. The first-order valence-electron chi connectivity index (χ1n) is 13.2. The number of carbonyl (C=O) groups excluding carboxylic acids is 1. The standard InChI is InChI=1S/C29H33N7O3/c1-19-24(17-33-36(19)23-9-12-34(13-10-23)28(37)39-29(3,4)5)21-14-26(27-22(15-30)16-32-35(27)18-21)38-20(2)25-8-6-7-11-31-25/h6-8,11,14,16-18,20,23H,9-10,12-13H2,1-5H3/t20-/m0/s1. The predicted molar refractivity (Wildman–Crippen MR) is 145 cm³/mol. The lowest BCUT2D eigenvalue weighted by Crippen LogP contribution is -2.42. The first-order chi connectivity index (χ1) is 18.6. The highest BCUT2D eigenvalue weighted by atomic mass is 16.6. The zero-order valence-electron chi connectivity index (χ0n) is 23.0. The summed E-state index contributed by atoms with van der Waals surface area (Å²) in [5, 5.41) is 18.8. The van der Waals surface area contributed by atoms with E-state index in [9.17, 15) is 10.1 Å². The summed E-state index contributed by atoms with van der Waals surface area (Å²) < 4.78 is 15.6. The van der Waals surface area contributed by atoms with Gasteiger partial charge in [-0.15, -0.1) is 0 Å². The van der Waals surface area contributed by atoms with Crippen LogP contribution < -0.4 is 4.74 Å². The number of pyridine rings is 2. The summed E-state index contributed by atoms with van der Waals surface area (Å²) in [5.74, 6) is 0.553. The molecule has 5 heterocycles. The molecule has 1 saturated heterocycles. The minimum absolute atomic E-state index is 0.177. The van der Waals surface area contributed by atoms with Crippen LogP contribution in [0.5, 0.6) is 5.75 Å². The summed E-state index contributed by atoms with van der Waals surface area (Å²) in [6, 6.07) is 10.0. The van der Waals surface area contributed by atoms with Gasteiger partial charge in [0.15, 0.2) is 0 Å². The molecule has 0 saturated carbocycles. The van der Waals surface area contributed by atoms with Crippen molar-refractivity contribution < 1.29 is 14.3 Å². The normalized spacial score (nSPS) is 15.2. The van der Waals surface area contributed by atoms with Crippen LogP contribution in [0.2, 0.25) is 0 Å². The molecule has 1 aliphatic rings. The van der Waals surface area contributed by atoms with Gasteiger partial charge in [0.1, 0.15) is 34.6 Å². The van der Waals surface area contributed by atoms with Crippen LogP contribution in [0.1, 0.15) is 69.6 Å². The van der Waals surface area contributed by atoms with Crippen LogP contribution >= 0.6 is 0 Å². The number of hydrogen-bond donors (Lipinski definition) is 0. The molecule has 1 amide bonds. The number of fused-ring (bicyclic) bond motifs is 1. The quantitative estimate of drug-likeness (QED) is 0.338. The van der Waals surface area contributed by atoms with Crippen molar-refractivity contribution in [2.24, 2.45) is 0 Å². The first-order valence-corrected chi connectivity index (χ1v) is 13.2. The summed E-state index contributed by atoms with van der Waals surface area (Å²) in [6.07, 6.45) is 8.02. The van der Waals surface area contributed by atoms with Gasteiger partial charge in [-0.25, -0.2) is 9.31 Å². The second-order valence-corrected chi connectivity index (χ2v) is 10.9. The third-order valence-corrected chi connectivity index (χ3v) is 6.92. The summed E-state index contributed by atoms with van der Waals surface area (Å²) in [5.41, 5.74) is 4.19. The van der Waals surface area contributed by atoms with Gasteiger partial charge in [0, 0.05) is 42.3 Å². The fourth-order valence-corrected chi connectivity index (χ4v) is 4.96. The van der Waals surface area contributed by atoms with Crippen molar-refractivity contribution in [2.75, 3.05) is 13.1 Å². The van der Waals surface area contributed by atoms with E-state index in [0.29, 0.717) is 29.9 Å². The number of nitriles is 1. The monoisotopic (exact) mass is 527 g/mol. The number of rotatable bonds is 5. The Morgan fingerprint density at radius 1 is 1.18 bits per heavy atom. The third-order valence-electron chi connectivity index (χ3n) is 6.92. The first kappa shape index (κ1) is 26.2. The van der Waals surface area contributed by atoms with Crippen molar-refractivity contribution in [1.29, 1.82) is 5.26 Å². The van der Waals surface area contributed by atoms with E-state index >= 15 is 0 Å². The van der Waals surface area contributed by atoms with Crippen LogP contribution in [0.3, 0.4) is 0 Å². The van der Waals surface area contributed by atoms with Crippen molar-refractivity contribution in [3.63, 3.8) is 0 Å². The van der Waals surface area contributed by atoms with Gasteiger partial charge >= 0.3 is 6.09 Å². The second kappa shape index (κ2) is 10.4. The molecule has 0 bridgehead atoms. The topological polar surface area (TPSA) is 111 Å². The van der Waals surface area contributed by atoms with Crippen molar-refractivity contribution in [1.82, 2.24) is 29.3 Å². The number of amides is 1. The summed E-state index contributed by atoms with van der Waals surface area (Å²) in [7, 11) is 0. The van der Waals surface area contributed by atoms with Crippen molar-refractivity contribution in [3.05, 3.63) is 66.0 Å². The van der Waals surface area contributed by atoms with E-state index in [0.717, 1.165) is 35.4 Å². The maximum Gasteiger partial charge on any atom is 0.410 e. The van der Waals surface area contributed by atoms with Gasteiger partial charge in [-0.3, -0.25) is 9.67 Å². The van der Waals surface area contributed by atoms with Gasteiger partial charge in [0.2, 0.25) is 0 Å². The summed E-state index contributed by atoms with van der Waals surface area (Å²) >= 11 is 0. The minimum atomic E-state index is -0.511. The Morgan fingerprint density at radius 3 is 2.62 bits per heavy atom. The molecule has 10 nitrogen and oxygen atoms in total. The van der Waals surface area contributed by atoms with Crippen LogP contribution in [-0.4, -0.2) is 54.1 Å². The fraction of sp³-hybridized carbons (Fsp3) is 0.414. The number of ether oxygens (including phenoxy) is 2. The lowest BCUT2D eigenvalue weighted by Gasteiger charge is -2.33. The van der Waals surface area contributed by atoms with Crippen molar-refractivity contribution in [2.45, 2.75) is 65.2 Å². The predicted octanol–water partition coefficient (Wildman–Crippen LogP) is 5.48. The highest BCUT2D eigenvalue weighted by Crippen LogP contribution is 2.35. The molecule has 202 valence electrons. The molecule has 0 aromatic carbocycles. The molecule has 39 heavy (non-hydrogen) atoms. The van der Waals surface area contributed by atoms with Crippen LogP contribution in [0, 0.1) is 18.3 Å². The summed E-state index contributed by atoms with van der Waals surface area (Å²) in [4.78, 5) is 18.7. The zero-order valence-corrected chi connectivity index (χ0v) is 23.0. The fourth-order valence-electron chi connectivity index (χ4n) is 4.96. The van der Waals surface area contributed by atoms with E-state index < -0.39 is 5.60 Å². The van der Waals surface area contributed by atoms with E-state index in [2.05, 4.69) is 16.2 Å².